The highest BCUT2D eigenvalue weighted by molar-refractivity contribution is 7.89. The fraction of sp³-hybridized carbons (Fsp3) is 0.200. The van der Waals surface area contributed by atoms with Crippen LogP contribution >= 0.6 is 0 Å². The van der Waals surface area contributed by atoms with Crippen LogP contribution in [-0.2, 0) is 10.0 Å². The van der Waals surface area contributed by atoms with Crippen LogP contribution in [0.4, 0.5) is 5.69 Å². The van der Waals surface area contributed by atoms with Crippen LogP contribution in [0, 0.1) is 0 Å². The minimum atomic E-state index is -3.33. The van der Waals surface area contributed by atoms with Gasteiger partial charge in [0.2, 0.25) is 10.0 Å². The fourth-order valence-electron chi connectivity index (χ4n) is 3.06. The van der Waals surface area contributed by atoms with E-state index in [1.165, 1.54) is 0 Å². The monoisotopic (exact) mass is 286 g/mol. The minimum absolute atomic E-state index is 0.0589. The number of fused-ring (bicyclic) bond motifs is 3. The maximum Gasteiger partial charge on any atom is 0.245 e. The summed E-state index contributed by atoms with van der Waals surface area (Å²) in [6.45, 7) is 1.13. The molecule has 0 aliphatic carbocycles. The highest BCUT2D eigenvalue weighted by atomic mass is 32.2. The SMILES string of the molecule is O=S1(=O)c2ccccc2C2CN(c3ccccc3)CN21. The molecule has 0 bridgehead atoms. The molecule has 0 spiro atoms. The van der Waals surface area contributed by atoms with Crippen LogP contribution in [0.3, 0.4) is 0 Å². The zero-order valence-corrected chi connectivity index (χ0v) is 11.6. The van der Waals surface area contributed by atoms with E-state index in [-0.39, 0.29) is 6.04 Å². The summed E-state index contributed by atoms with van der Waals surface area (Å²) in [6, 6.07) is 17.2. The van der Waals surface area contributed by atoms with Gasteiger partial charge in [-0.15, -0.1) is 0 Å². The van der Waals surface area contributed by atoms with Gasteiger partial charge in [0.1, 0.15) is 0 Å². The molecule has 2 aliphatic rings. The van der Waals surface area contributed by atoms with Gasteiger partial charge in [-0.1, -0.05) is 36.4 Å². The molecule has 1 atom stereocenters. The van der Waals surface area contributed by atoms with Crippen LogP contribution in [0.1, 0.15) is 11.6 Å². The summed E-state index contributed by atoms with van der Waals surface area (Å²) < 4.78 is 26.7. The van der Waals surface area contributed by atoms with Crippen LogP contribution in [-0.4, -0.2) is 25.9 Å². The van der Waals surface area contributed by atoms with Crippen LogP contribution in [0.15, 0.2) is 59.5 Å². The molecule has 20 heavy (non-hydrogen) atoms. The summed E-state index contributed by atoms with van der Waals surface area (Å²) in [4.78, 5) is 2.58. The van der Waals surface area contributed by atoms with E-state index >= 15 is 0 Å². The number of anilines is 1. The van der Waals surface area contributed by atoms with Gasteiger partial charge in [-0.2, -0.15) is 4.31 Å². The molecule has 102 valence electrons. The number of hydrogen-bond donors (Lipinski definition) is 0. The Morgan fingerprint density at radius 2 is 1.65 bits per heavy atom. The number of para-hydroxylation sites is 1. The van der Waals surface area contributed by atoms with Crippen molar-refractivity contribution in [2.24, 2.45) is 0 Å². The molecule has 2 heterocycles. The second kappa shape index (κ2) is 4.07. The zero-order valence-electron chi connectivity index (χ0n) is 10.8. The van der Waals surface area contributed by atoms with Crippen molar-refractivity contribution in [3.05, 3.63) is 60.2 Å². The number of rotatable bonds is 1. The molecular weight excluding hydrogens is 272 g/mol. The average Bonchev–Trinajstić information content (AvgIpc) is 3.01. The first-order valence-corrected chi connectivity index (χ1v) is 8.03. The molecule has 0 N–H and O–H groups in total. The molecule has 1 unspecified atom stereocenters. The van der Waals surface area contributed by atoms with Crippen molar-refractivity contribution < 1.29 is 8.42 Å². The lowest BCUT2D eigenvalue weighted by molar-refractivity contribution is 0.426. The molecule has 1 fully saturated rings. The molecule has 0 aromatic heterocycles. The number of nitrogens with zero attached hydrogens (tertiary/aromatic N) is 2. The van der Waals surface area contributed by atoms with Gasteiger partial charge in [0.15, 0.2) is 0 Å². The van der Waals surface area contributed by atoms with Crippen LogP contribution in [0.5, 0.6) is 0 Å². The first-order chi connectivity index (χ1) is 9.68. The van der Waals surface area contributed by atoms with E-state index in [1.54, 1.807) is 16.4 Å². The van der Waals surface area contributed by atoms with E-state index in [0.717, 1.165) is 11.3 Å². The van der Waals surface area contributed by atoms with E-state index in [4.69, 9.17) is 0 Å². The molecule has 2 aromatic carbocycles. The molecule has 2 aromatic rings. The normalized spacial score (nSPS) is 23.6. The number of sulfonamides is 1. The van der Waals surface area contributed by atoms with Gasteiger partial charge in [-0.25, -0.2) is 8.42 Å². The maximum atomic E-state index is 12.5. The second-order valence-corrected chi connectivity index (χ2v) is 7.00. The Kier molecular flexibility index (Phi) is 2.43. The topological polar surface area (TPSA) is 40.6 Å². The molecule has 1 saturated heterocycles. The third-order valence-corrected chi connectivity index (χ3v) is 5.95. The molecular formula is C15H14N2O2S. The molecule has 4 nitrogen and oxygen atoms in total. The van der Waals surface area contributed by atoms with Crippen LogP contribution < -0.4 is 4.90 Å². The van der Waals surface area contributed by atoms with E-state index < -0.39 is 10.0 Å². The average molecular weight is 286 g/mol. The Labute approximate surface area is 118 Å². The Morgan fingerprint density at radius 1 is 0.950 bits per heavy atom. The summed E-state index contributed by atoms with van der Waals surface area (Å²) in [6.07, 6.45) is 0. The lowest BCUT2D eigenvalue weighted by Crippen LogP contribution is -2.28. The summed E-state index contributed by atoms with van der Waals surface area (Å²) in [5.74, 6) is 0. The molecule has 5 heteroatoms. The zero-order chi connectivity index (χ0) is 13.7. The molecule has 0 amide bonds. The third-order valence-electron chi connectivity index (χ3n) is 4.04. The summed E-state index contributed by atoms with van der Waals surface area (Å²) >= 11 is 0. The predicted octanol–water partition coefficient (Wildman–Crippen LogP) is 2.21. The third kappa shape index (κ3) is 1.53. The number of hydrogen-bond acceptors (Lipinski definition) is 3. The Morgan fingerprint density at radius 3 is 2.45 bits per heavy atom. The van der Waals surface area contributed by atoms with Crippen molar-refractivity contribution >= 4 is 15.7 Å². The van der Waals surface area contributed by atoms with Crippen molar-refractivity contribution in [1.82, 2.24) is 4.31 Å². The van der Waals surface area contributed by atoms with Gasteiger partial charge in [0, 0.05) is 12.2 Å². The molecule has 4 rings (SSSR count). The first kappa shape index (κ1) is 11.9. The van der Waals surface area contributed by atoms with Crippen LogP contribution in [0.25, 0.3) is 0 Å². The molecule has 0 radical (unpaired) electrons. The lowest BCUT2D eigenvalue weighted by atomic mass is 10.1. The van der Waals surface area contributed by atoms with Crippen LogP contribution in [0.2, 0.25) is 0 Å². The van der Waals surface area contributed by atoms with Gasteiger partial charge in [0.25, 0.3) is 0 Å². The molecule has 0 saturated carbocycles. The number of benzene rings is 2. The van der Waals surface area contributed by atoms with E-state index in [1.807, 2.05) is 42.5 Å². The van der Waals surface area contributed by atoms with Crippen molar-refractivity contribution in [1.29, 1.82) is 0 Å². The van der Waals surface area contributed by atoms with Crippen molar-refractivity contribution in [2.75, 3.05) is 18.1 Å². The summed E-state index contributed by atoms with van der Waals surface area (Å²) in [7, 11) is -3.33. The molecule has 2 aliphatic heterocycles. The largest absolute Gasteiger partial charge is 0.356 e. The quantitative estimate of drug-likeness (QED) is 0.807. The van der Waals surface area contributed by atoms with E-state index in [0.29, 0.717) is 18.1 Å². The van der Waals surface area contributed by atoms with Gasteiger partial charge >= 0.3 is 0 Å². The highest BCUT2D eigenvalue weighted by Gasteiger charge is 2.47. The minimum Gasteiger partial charge on any atom is -0.356 e. The Balaban J connectivity index is 1.76. The Bertz CT molecular complexity index is 758. The van der Waals surface area contributed by atoms with E-state index in [9.17, 15) is 8.42 Å². The highest BCUT2D eigenvalue weighted by Crippen LogP contribution is 2.43. The summed E-state index contributed by atoms with van der Waals surface area (Å²) in [5.41, 5.74) is 1.99. The van der Waals surface area contributed by atoms with Gasteiger partial charge in [-0.05, 0) is 23.8 Å². The van der Waals surface area contributed by atoms with Gasteiger partial charge in [0.05, 0.1) is 17.6 Å². The first-order valence-electron chi connectivity index (χ1n) is 6.59. The second-order valence-electron chi connectivity index (χ2n) is 5.15. The smallest absolute Gasteiger partial charge is 0.245 e. The predicted molar refractivity (Wildman–Crippen MR) is 76.9 cm³/mol. The fourth-order valence-corrected chi connectivity index (χ4v) is 4.88. The van der Waals surface area contributed by atoms with Crippen molar-refractivity contribution in [2.45, 2.75) is 10.9 Å². The Hall–Kier alpha value is -1.85. The van der Waals surface area contributed by atoms with Gasteiger partial charge < -0.3 is 4.90 Å². The standard InChI is InChI=1S/C15H14N2O2S/c18-20(19)15-9-5-4-8-13(15)14-10-16(11-17(14)20)12-6-2-1-3-7-12/h1-9,14H,10-11H2. The summed E-state index contributed by atoms with van der Waals surface area (Å²) in [5, 5.41) is 0. The maximum absolute atomic E-state index is 12.5. The van der Waals surface area contributed by atoms with E-state index in [2.05, 4.69) is 4.90 Å². The van der Waals surface area contributed by atoms with Gasteiger partial charge in [-0.3, -0.25) is 0 Å². The van der Waals surface area contributed by atoms with Crippen molar-refractivity contribution in [3.63, 3.8) is 0 Å². The van der Waals surface area contributed by atoms with Crippen molar-refractivity contribution in [3.8, 4) is 0 Å². The lowest BCUT2D eigenvalue weighted by Gasteiger charge is -2.19.